The highest BCUT2D eigenvalue weighted by molar-refractivity contribution is 5.95. The summed E-state index contributed by atoms with van der Waals surface area (Å²) in [6.45, 7) is 1.57. The highest BCUT2D eigenvalue weighted by Crippen LogP contribution is 2.32. The topological polar surface area (TPSA) is 91.8 Å². The van der Waals surface area contributed by atoms with Gasteiger partial charge in [-0.2, -0.15) is 0 Å². The van der Waals surface area contributed by atoms with Crippen molar-refractivity contribution in [2.45, 2.75) is 44.1 Å². The minimum absolute atomic E-state index is 0.00756. The van der Waals surface area contributed by atoms with E-state index in [4.69, 9.17) is 4.74 Å². The van der Waals surface area contributed by atoms with Crippen molar-refractivity contribution in [2.75, 3.05) is 32.8 Å². The number of benzene rings is 1. The van der Waals surface area contributed by atoms with Crippen LogP contribution in [0, 0.1) is 11.7 Å². The molecule has 1 saturated carbocycles. The zero-order chi connectivity index (χ0) is 25.1. The van der Waals surface area contributed by atoms with Crippen LogP contribution in [0.4, 0.5) is 4.39 Å². The average molecular weight is 495 g/mol. The number of rotatable bonds is 2. The summed E-state index contributed by atoms with van der Waals surface area (Å²) in [6, 6.07) is 8.68. The fourth-order valence-electron chi connectivity index (χ4n) is 5.21. The van der Waals surface area contributed by atoms with Gasteiger partial charge in [-0.05, 0) is 49.4 Å². The van der Waals surface area contributed by atoms with Crippen LogP contribution in [0.2, 0.25) is 0 Å². The largest absolute Gasteiger partial charge is 0.494 e. The van der Waals surface area contributed by atoms with Gasteiger partial charge in [0.2, 0.25) is 11.8 Å². The first-order valence-electron chi connectivity index (χ1n) is 12.7. The number of carbonyl (C=O) groups is 3. The zero-order valence-corrected chi connectivity index (χ0v) is 20.2. The standard InChI is InChI=1S/C27H31FN4O4/c28-23-14-29-10-9-21(23)27(35)32-15-22-19-7-4-8-20(13-19)36-12-2-1-11-31(26(34)18-5-3-6-18)17-25(33)30-24(22)16-32/h4,7-10,13-14,18,22,24H,1-3,5-6,11-12,15-17H2,(H,30,33)/t22-,24+/m1/s1. The number of ether oxygens (including phenoxy) is 1. The summed E-state index contributed by atoms with van der Waals surface area (Å²) in [7, 11) is 0. The van der Waals surface area contributed by atoms with Crippen LogP contribution in [0.25, 0.3) is 0 Å². The summed E-state index contributed by atoms with van der Waals surface area (Å²) >= 11 is 0. The van der Waals surface area contributed by atoms with Gasteiger partial charge in [-0.3, -0.25) is 19.4 Å². The Morgan fingerprint density at radius 1 is 1.08 bits per heavy atom. The minimum atomic E-state index is -0.675. The Hall–Kier alpha value is -3.49. The molecule has 1 saturated heterocycles. The fourth-order valence-corrected chi connectivity index (χ4v) is 5.21. The number of hydrogen-bond acceptors (Lipinski definition) is 5. The van der Waals surface area contributed by atoms with Gasteiger partial charge in [-0.15, -0.1) is 0 Å². The van der Waals surface area contributed by atoms with Crippen LogP contribution in [0.15, 0.2) is 42.7 Å². The number of likely N-dealkylation sites (tertiary alicyclic amines) is 1. The van der Waals surface area contributed by atoms with Gasteiger partial charge in [0.05, 0.1) is 31.0 Å². The zero-order valence-electron chi connectivity index (χ0n) is 20.2. The Morgan fingerprint density at radius 2 is 1.94 bits per heavy atom. The molecule has 0 unspecified atom stereocenters. The van der Waals surface area contributed by atoms with Crippen molar-refractivity contribution < 1.29 is 23.5 Å². The summed E-state index contributed by atoms with van der Waals surface area (Å²) in [6.07, 6.45) is 6.73. The molecule has 3 aliphatic rings. The number of halogens is 1. The van der Waals surface area contributed by atoms with Crippen molar-refractivity contribution in [1.29, 1.82) is 0 Å². The number of carbonyl (C=O) groups excluding carboxylic acids is 3. The second-order valence-corrected chi connectivity index (χ2v) is 9.86. The van der Waals surface area contributed by atoms with Gasteiger partial charge in [0.15, 0.2) is 5.82 Å². The van der Waals surface area contributed by atoms with Crippen LogP contribution >= 0.6 is 0 Å². The lowest BCUT2D eigenvalue weighted by Crippen LogP contribution is -2.48. The lowest BCUT2D eigenvalue weighted by atomic mass is 9.84. The lowest BCUT2D eigenvalue weighted by molar-refractivity contribution is -0.141. The van der Waals surface area contributed by atoms with Gasteiger partial charge >= 0.3 is 0 Å². The van der Waals surface area contributed by atoms with Crippen LogP contribution in [0.3, 0.4) is 0 Å². The Kier molecular flexibility index (Phi) is 7.16. The van der Waals surface area contributed by atoms with E-state index in [1.54, 1.807) is 9.80 Å². The van der Waals surface area contributed by atoms with E-state index < -0.39 is 11.7 Å². The molecular weight excluding hydrogens is 463 g/mol. The summed E-state index contributed by atoms with van der Waals surface area (Å²) in [4.78, 5) is 46.3. The summed E-state index contributed by atoms with van der Waals surface area (Å²) in [5.41, 5.74) is 0.888. The second-order valence-electron chi connectivity index (χ2n) is 9.86. The molecule has 2 aliphatic heterocycles. The molecule has 1 N–H and O–H groups in total. The first kappa shape index (κ1) is 24.2. The van der Waals surface area contributed by atoms with Crippen LogP contribution in [-0.2, 0) is 9.59 Å². The maximum Gasteiger partial charge on any atom is 0.257 e. The van der Waals surface area contributed by atoms with E-state index in [9.17, 15) is 18.8 Å². The van der Waals surface area contributed by atoms with E-state index in [0.717, 1.165) is 49.6 Å². The molecule has 8 nitrogen and oxygen atoms in total. The first-order chi connectivity index (χ1) is 17.5. The van der Waals surface area contributed by atoms with Gasteiger partial charge in [0, 0.05) is 37.7 Å². The van der Waals surface area contributed by atoms with Crippen molar-refractivity contribution >= 4 is 17.7 Å². The van der Waals surface area contributed by atoms with Crippen LogP contribution < -0.4 is 10.1 Å². The Labute approximate surface area is 209 Å². The van der Waals surface area contributed by atoms with Crippen molar-refractivity contribution in [3.8, 4) is 5.75 Å². The number of aromatic nitrogens is 1. The smallest absolute Gasteiger partial charge is 0.257 e. The van der Waals surface area contributed by atoms with E-state index in [-0.39, 0.29) is 48.3 Å². The minimum Gasteiger partial charge on any atom is -0.494 e. The van der Waals surface area contributed by atoms with Crippen LogP contribution in [0.1, 0.15) is 53.9 Å². The molecule has 0 radical (unpaired) electrons. The quantitative estimate of drug-likeness (QED) is 0.693. The number of nitrogens with one attached hydrogen (secondary N) is 1. The number of hydrogen-bond donors (Lipinski definition) is 1. The monoisotopic (exact) mass is 494 g/mol. The first-order valence-corrected chi connectivity index (χ1v) is 12.7. The highest BCUT2D eigenvalue weighted by atomic mass is 19.1. The molecule has 0 spiro atoms. The third kappa shape index (κ3) is 5.20. The van der Waals surface area contributed by atoms with Gasteiger partial charge < -0.3 is 19.9 Å². The number of amides is 3. The predicted molar refractivity (Wildman–Crippen MR) is 130 cm³/mol. The summed E-state index contributed by atoms with van der Waals surface area (Å²) in [5.74, 6) is -0.786. The number of nitrogens with zero attached hydrogens (tertiary/aromatic N) is 3. The van der Waals surface area contributed by atoms with Gasteiger partial charge in [0.25, 0.3) is 5.91 Å². The molecule has 190 valence electrons. The van der Waals surface area contributed by atoms with E-state index in [0.29, 0.717) is 19.7 Å². The normalized spacial score (nSPS) is 23.1. The van der Waals surface area contributed by atoms with Crippen LogP contribution in [0.5, 0.6) is 5.75 Å². The van der Waals surface area contributed by atoms with E-state index in [1.807, 2.05) is 24.3 Å². The molecule has 1 aromatic carbocycles. The lowest BCUT2D eigenvalue weighted by Gasteiger charge is -2.32. The molecule has 2 fully saturated rings. The Morgan fingerprint density at radius 3 is 2.72 bits per heavy atom. The summed E-state index contributed by atoms with van der Waals surface area (Å²) < 4.78 is 20.3. The van der Waals surface area contributed by atoms with Gasteiger partial charge in [0.1, 0.15) is 5.75 Å². The number of pyridine rings is 1. The maximum atomic E-state index is 14.3. The molecular formula is C27H31FN4O4. The highest BCUT2D eigenvalue weighted by Gasteiger charge is 2.39. The number of fused-ring (bicyclic) bond motifs is 4. The average Bonchev–Trinajstić information content (AvgIpc) is 3.25. The van der Waals surface area contributed by atoms with Crippen molar-refractivity contribution in [3.63, 3.8) is 0 Å². The predicted octanol–water partition coefficient (Wildman–Crippen LogP) is 2.75. The molecule has 36 heavy (non-hydrogen) atoms. The van der Waals surface area contributed by atoms with Crippen molar-refractivity contribution in [1.82, 2.24) is 20.1 Å². The van der Waals surface area contributed by atoms with Crippen LogP contribution in [-0.4, -0.2) is 71.3 Å². The van der Waals surface area contributed by atoms with Crippen molar-refractivity contribution in [3.05, 3.63) is 59.7 Å². The summed E-state index contributed by atoms with van der Waals surface area (Å²) in [5, 5.41) is 3.08. The fraction of sp³-hybridized carbons (Fsp3) is 0.481. The molecule has 5 rings (SSSR count). The van der Waals surface area contributed by atoms with Gasteiger partial charge in [-0.1, -0.05) is 18.6 Å². The second kappa shape index (κ2) is 10.6. The van der Waals surface area contributed by atoms with Gasteiger partial charge in [-0.25, -0.2) is 4.39 Å². The molecule has 9 heteroatoms. The molecule has 3 heterocycles. The Bertz CT molecular complexity index is 1140. The van der Waals surface area contributed by atoms with Crippen molar-refractivity contribution in [2.24, 2.45) is 5.92 Å². The van der Waals surface area contributed by atoms with E-state index in [1.165, 1.54) is 12.3 Å². The third-order valence-electron chi connectivity index (χ3n) is 7.43. The maximum absolute atomic E-state index is 14.3. The third-order valence-corrected chi connectivity index (χ3v) is 7.43. The molecule has 1 aromatic heterocycles. The molecule has 2 bridgehead atoms. The molecule has 1 aliphatic carbocycles. The Balaban J connectivity index is 1.40. The molecule has 3 amide bonds. The van der Waals surface area contributed by atoms with E-state index in [2.05, 4.69) is 10.3 Å². The van der Waals surface area contributed by atoms with E-state index >= 15 is 0 Å². The SMILES string of the molecule is O=C1CN(C(=O)C2CCC2)CCCCOc2cccc(c2)[C@H]2CN(C(=O)c3ccncc3F)C[C@@H]2N1. The molecule has 2 aromatic rings. The molecule has 2 atom stereocenters.